The van der Waals surface area contributed by atoms with Crippen molar-refractivity contribution < 1.29 is 4.92 Å². The average molecular weight is 291 g/mol. The molecular formula is C18H29NO2. The largest absolute Gasteiger partial charge is 0.264 e. The molecule has 1 rings (SSSR count). The average Bonchev–Trinajstić information content (AvgIpc) is 2.50. The summed E-state index contributed by atoms with van der Waals surface area (Å²) in [5, 5.41) is 11.2. The van der Waals surface area contributed by atoms with Crippen molar-refractivity contribution in [3.63, 3.8) is 0 Å². The Morgan fingerprint density at radius 3 is 1.95 bits per heavy atom. The van der Waals surface area contributed by atoms with Crippen molar-refractivity contribution in [2.45, 2.75) is 77.2 Å². The predicted molar refractivity (Wildman–Crippen MR) is 88.0 cm³/mol. The van der Waals surface area contributed by atoms with Gasteiger partial charge in [0.1, 0.15) is 0 Å². The molecule has 0 aromatic heterocycles. The normalized spacial score (nSPS) is 12.2. The lowest BCUT2D eigenvalue weighted by molar-refractivity contribution is -0.530. The van der Waals surface area contributed by atoms with E-state index in [0.29, 0.717) is 6.42 Å². The Labute approximate surface area is 128 Å². The van der Waals surface area contributed by atoms with Crippen LogP contribution < -0.4 is 0 Å². The molecule has 0 radical (unpaired) electrons. The van der Waals surface area contributed by atoms with Crippen LogP contribution in [0.15, 0.2) is 30.3 Å². The van der Waals surface area contributed by atoms with Crippen LogP contribution in [-0.4, -0.2) is 4.92 Å². The maximum atomic E-state index is 11.2. The summed E-state index contributed by atoms with van der Waals surface area (Å²) in [4.78, 5) is 11.0. The fourth-order valence-corrected chi connectivity index (χ4v) is 2.72. The highest BCUT2D eigenvalue weighted by Gasteiger charge is 2.21. The van der Waals surface area contributed by atoms with E-state index in [0.717, 1.165) is 18.4 Å². The molecule has 0 aliphatic heterocycles. The number of unbranched alkanes of at least 4 members (excludes halogenated alkanes) is 8. The fourth-order valence-electron chi connectivity index (χ4n) is 2.72. The molecule has 0 N–H and O–H groups in total. The van der Waals surface area contributed by atoms with Crippen molar-refractivity contribution >= 4 is 0 Å². The predicted octanol–water partition coefficient (Wildman–Crippen LogP) is 5.93. The fraction of sp³-hybridized carbons (Fsp3) is 0.667. The van der Waals surface area contributed by atoms with Gasteiger partial charge in [-0.1, -0.05) is 88.6 Å². The van der Waals surface area contributed by atoms with E-state index in [9.17, 15) is 10.1 Å². The third-order valence-electron chi connectivity index (χ3n) is 4.02. The number of nitrogens with zero attached hydrogens (tertiary/aromatic N) is 1. The minimum atomic E-state index is -0.532. The lowest BCUT2D eigenvalue weighted by Crippen LogP contribution is -2.10. The van der Waals surface area contributed by atoms with Crippen LogP contribution in [0.1, 0.15) is 82.7 Å². The van der Waals surface area contributed by atoms with Crippen molar-refractivity contribution in [3.8, 4) is 0 Å². The van der Waals surface area contributed by atoms with Crippen LogP contribution in [0.25, 0.3) is 0 Å². The molecule has 0 aliphatic carbocycles. The molecule has 3 heteroatoms. The molecule has 0 heterocycles. The van der Waals surface area contributed by atoms with Gasteiger partial charge in [0.15, 0.2) is 0 Å². The maximum absolute atomic E-state index is 11.2. The third kappa shape index (κ3) is 7.84. The van der Waals surface area contributed by atoms with E-state index < -0.39 is 6.04 Å². The molecule has 0 saturated heterocycles. The molecule has 1 atom stereocenters. The van der Waals surface area contributed by atoms with Crippen LogP contribution in [0, 0.1) is 10.1 Å². The van der Waals surface area contributed by atoms with E-state index in [-0.39, 0.29) is 4.92 Å². The second-order valence-corrected chi connectivity index (χ2v) is 5.83. The van der Waals surface area contributed by atoms with E-state index in [2.05, 4.69) is 6.92 Å². The quantitative estimate of drug-likeness (QED) is 0.272. The Morgan fingerprint density at radius 1 is 0.905 bits per heavy atom. The van der Waals surface area contributed by atoms with Gasteiger partial charge in [0, 0.05) is 16.9 Å². The van der Waals surface area contributed by atoms with Crippen LogP contribution >= 0.6 is 0 Å². The smallest absolute Gasteiger partial charge is 0.238 e. The van der Waals surface area contributed by atoms with Crippen molar-refractivity contribution in [1.29, 1.82) is 0 Å². The minimum Gasteiger partial charge on any atom is -0.264 e. The van der Waals surface area contributed by atoms with Gasteiger partial charge >= 0.3 is 0 Å². The molecule has 0 spiro atoms. The number of benzene rings is 1. The summed E-state index contributed by atoms with van der Waals surface area (Å²) in [7, 11) is 0. The number of rotatable bonds is 12. The summed E-state index contributed by atoms with van der Waals surface area (Å²) in [5.74, 6) is 0. The molecule has 1 unspecified atom stereocenters. The topological polar surface area (TPSA) is 43.1 Å². The first kappa shape index (κ1) is 17.7. The Kier molecular flexibility index (Phi) is 9.51. The first-order chi connectivity index (χ1) is 10.3. The van der Waals surface area contributed by atoms with Crippen LogP contribution in [-0.2, 0) is 0 Å². The van der Waals surface area contributed by atoms with Gasteiger partial charge in [-0.15, -0.1) is 0 Å². The van der Waals surface area contributed by atoms with Crippen molar-refractivity contribution in [2.24, 2.45) is 0 Å². The minimum absolute atomic E-state index is 0.139. The van der Waals surface area contributed by atoms with Gasteiger partial charge in [-0.25, -0.2) is 0 Å². The molecule has 0 amide bonds. The highest BCUT2D eigenvalue weighted by molar-refractivity contribution is 5.17. The van der Waals surface area contributed by atoms with E-state index in [1.165, 1.54) is 44.9 Å². The molecule has 118 valence electrons. The number of hydrogen-bond acceptors (Lipinski definition) is 2. The van der Waals surface area contributed by atoms with Gasteiger partial charge in [0.25, 0.3) is 0 Å². The molecule has 0 bridgehead atoms. The summed E-state index contributed by atoms with van der Waals surface area (Å²) in [6, 6.07) is 8.85. The summed E-state index contributed by atoms with van der Waals surface area (Å²) in [6.07, 6.45) is 11.9. The summed E-state index contributed by atoms with van der Waals surface area (Å²) in [6.45, 7) is 2.23. The highest BCUT2D eigenvalue weighted by Crippen LogP contribution is 2.23. The van der Waals surface area contributed by atoms with Crippen molar-refractivity contribution in [2.75, 3.05) is 0 Å². The van der Waals surface area contributed by atoms with Crippen LogP contribution in [0.3, 0.4) is 0 Å². The Hall–Kier alpha value is -1.38. The molecule has 0 fully saturated rings. The van der Waals surface area contributed by atoms with E-state index in [1.54, 1.807) is 0 Å². The molecule has 1 aromatic carbocycles. The van der Waals surface area contributed by atoms with E-state index >= 15 is 0 Å². The molecule has 21 heavy (non-hydrogen) atoms. The molecule has 0 saturated carbocycles. The summed E-state index contributed by atoms with van der Waals surface area (Å²) < 4.78 is 0. The number of hydrogen-bond donors (Lipinski definition) is 0. The second-order valence-electron chi connectivity index (χ2n) is 5.83. The van der Waals surface area contributed by atoms with Crippen molar-refractivity contribution in [1.82, 2.24) is 0 Å². The van der Waals surface area contributed by atoms with Gasteiger partial charge in [0.2, 0.25) is 6.04 Å². The van der Waals surface area contributed by atoms with Gasteiger partial charge in [0.05, 0.1) is 0 Å². The first-order valence-electron chi connectivity index (χ1n) is 8.44. The van der Waals surface area contributed by atoms with Gasteiger partial charge in [-0.2, -0.15) is 0 Å². The molecule has 0 aliphatic rings. The third-order valence-corrected chi connectivity index (χ3v) is 4.02. The lowest BCUT2D eigenvalue weighted by Gasteiger charge is -2.09. The summed E-state index contributed by atoms with van der Waals surface area (Å²) >= 11 is 0. The Bertz CT molecular complexity index is 378. The zero-order chi connectivity index (χ0) is 15.3. The van der Waals surface area contributed by atoms with E-state index in [1.807, 2.05) is 30.3 Å². The van der Waals surface area contributed by atoms with Crippen LogP contribution in [0.4, 0.5) is 0 Å². The maximum Gasteiger partial charge on any atom is 0.238 e. The van der Waals surface area contributed by atoms with Crippen LogP contribution in [0.2, 0.25) is 0 Å². The number of nitro groups is 1. The van der Waals surface area contributed by atoms with Gasteiger partial charge in [-0.3, -0.25) is 10.1 Å². The van der Waals surface area contributed by atoms with E-state index in [4.69, 9.17) is 0 Å². The summed E-state index contributed by atoms with van der Waals surface area (Å²) in [5.41, 5.74) is 0.835. The monoisotopic (exact) mass is 291 g/mol. The van der Waals surface area contributed by atoms with Crippen LogP contribution in [0.5, 0.6) is 0 Å². The zero-order valence-electron chi connectivity index (χ0n) is 13.3. The molecule has 1 aromatic rings. The Morgan fingerprint density at radius 2 is 1.43 bits per heavy atom. The SMILES string of the molecule is CCCCCCCCCCCC(c1ccccc1)[N+](=O)[O-]. The highest BCUT2D eigenvalue weighted by atomic mass is 16.6. The van der Waals surface area contributed by atoms with Gasteiger partial charge < -0.3 is 0 Å². The Balaban J connectivity index is 2.13. The zero-order valence-corrected chi connectivity index (χ0v) is 13.3. The molecule has 3 nitrogen and oxygen atoms in total. The standard InChI is InChI=1S/C18H29NO2/c1-2-3-4-5-6-7-8-9-13-16-18(19(20)21)17-14-11-10-12-15-17/h10-12,14-15,18H,2-9,13,16H2,1H3. The van der Waals surface area contributed by atoms with Gasteiger partial charge in [-0.05, 0) is 6.42 Å². The lowest BCUT2D eigenvalue weighted by atomic mass is 10.00. The molecular weight excluding hydrogens is 262 g/mol. The van der Waals surface area contributed by atoms with Crippen molar-refractivity contribution in [3.05, 3.63) is 46.0 Å². The second kappa shape index (κ2) is 11.3. The first-order valence-corrected chi connectivity index (χ1v) is 8.44.